The number of aryl methyl sites for hydroxylation is 1. The Morgan fingerprint density at radius 3 is 2.05 bits per heavy atom. The number of rotatable bonds is 4. The molecule has 0 aliphatic heterocycles. The van der Waals surface area contributed by atoms with Crippen molar-refractivity contribution >= 4 is 0 Å². The summed E-state index contributed by atoms with van der Waals surface area (Å²) in [5, 5.41) is 9.11. The van der Waals surface area contributed by atoms with Gasteiger partial charge in [-0.05, 0) is 24.5 Å². The van der Waals surface area contributed by atoms with E-state index in [1.807, 2.05) is 6.92 Å². The molecule has 0 saturated heterocycles. The van der Waals surface area contributed by atoms with Gasteiger partial charge in [0.25, 0.3) is 0 Å². The number of halogens is 6. The summed E-state index contributed by atoms with van der Waals surface area (Å²) in [5.74, 6) is 0. The molecule has 0 saturated carbocycles. The molecular formula is C11H13F6NO. The summed E-state index contributed by atoms with van der Waals surface area (Å²) in [5.41, 5.74) is -3.88. The van der Waals surface area contributed by atoms with Gasteiger partial charge < -0.3 is 5.21 Å². The molecule has 0 amide bonds. The van der Waals surface area contributed by atoms with Gasteiger partial charge in [-0.3, -0.25) is 0 Å². The second-order valence-electron chi connectivity index (χ2n) is 4.17. The van der Waals surface area contributed by atoms with Crippen LogP contribution < -0.4 is 0 Å². The van der Waals surface area contributed by atoms with E-state index in [0.717, 1.165) is 6.42 Å². The quantitative estimate of drug-likeness (QED) is 0.493. The van der Waals surface area contributed by atoms with Gasteiger partial charge in [-0.1, -0.05) is 19.8 Å². The van der Waals surface area contributed by atoms with E-state index >= 15 is 0 Å². The third kappa shape index (κ3) is 3.57. The lowest BCUT2D eigenvalue weighted by molar-refractivity contribution is -0.166. The van der Waals surface area contributed by atoms with Crippen LogP contribution in [0.1, 0.15) is 43.1 Å². The Balaban J connectivity index is 3.21. The Bertz CT molecular complexity index is 432. The average Bonchev–Trinajstić information content (AvgIpc) is 2.54. The molecule has 1 N–H and O–H groups in total. The summed E-state index contributed by atoms with van der Waals surface area (Å²) < 4.78 is 74.6. The topological polar surface area (TPSA) is 25.2 Å². The van der Waals surface area contributed by atoms with E-state index in [2.05, 4.69) is 0 Å². The van der Waals surface area contributed by atoms with E-state index in [0.29, 0.717) is 18.9 Å². The molecule has 0 spiro atoms. The number of nitrogens with zero attached hydrogens (tertiary/aromatic N) is 1. The summed E-state index contributed by atoms with van der Waals surface area (Å²) >= 11 is 0. The average molecular weight is 289 g/mol. The highest BCUT2D eigenvalue weighted by Crippen LogP contribution is 2.39. The molecule has 0 aliphatic rings. The van der Waals surface area contributed by atoms with Crippen LogP contribution in [0.25, 0.3) is 0 Å². The lowest BCUT2D eigenvalue weighted by atomic mass is 10.1. The molecule has 1 rings (SSSR count). The fraction of sp³-hybridized carbons (Fsp3) is 0.636. The smallest absolute Gasteiger partial charge is 0.428 e. The first-order chi connectivity index (χ1) is 8.59. The Morgan fingerprint density at radius 1 is 1.05 bits per heavy atom. The second kappa shape index (κ2) is 5.34. The number of hydrogen-bond acceptors (Lipinski definition) is 1. The summed E-state index contributed by atoms with van der Waals surface area (Å²) in [4.78, 5) is 0. The highest BCUT2D eigenvalue weighted by molar-refractivity contribution is 5.31. The van der Waals surface area contributed by atoms with Crippen molar-refractivity contribution in [3.63, 3.8) is 0 Å². The monoisotopic (exact) mass is 289 g/mol. The summed E-state index contributed by atoms with van der Waals surface area (Å²) in [7, 11) is 0. The molecular weight excluding hydrogens is 276 g/mol. The van der Waals surface area contributed by atoms with Crippen molar-refractivity contribution in [3.05, 3.63) is 23.0 Å². The molecule has 0 atom stereocenters. The normalized spacial score (nSPS) is 13.0. The molecule has 0 aliphatic carbocycles. The van der Waals surface area contributed by atoms with Crippen LogP contribution in [0.5, 0.6) is 0 Å². The van der Waals surface area contributed by atoms with Crippen LogP contribution in [0.3, 0.4) is 0 Å². The van der Waals surface area contributed by atoms with Crippen LogP contribution >= 0.6 is 0 Å². The van der Waals surface area contributed by atoms with E-state index in [4.69, 9.17) is 5.21 Å². The van der Waals surface area contributed by atoms with Crippen molar-refractivity contribution in [3.8, 4) is 0 Å². The lowest BCUT2D eigenvalue weighted by Gasteiger charge is -2.11. The van der Waals surface area contributed by atoms with Gasteiger partial charge in [0.15, 0.2) is 11.4 Å². The van der Waals surface area contributed by atoms with E-state index in [-0.39, 0.29) is 6.42 Å². The molecule has 1 aromatic rings. The molecule has 0 fully saturated rings. The van der Waals surface area contributed by atoms with Crippen molar-refractivity contribution < 1.29 is 31.5 Å². The lowest BCUT2D eigenvalue weighted by Crippen LogP contribution is -2.18. The van der Waals surface area contributed by atoms with Crippen molar-refractivity contribution in [2.24, 2.45) is 0 Å². The zero-order chi connectivity index (χ0) is 14.8. The highest BCUT2D eigenvalue weighted by Gasteiger charge is 2.44. The fourth-order valence-corrected chi connectivity index (χ4v) is 1.81. The summed E-state index contributed by atoms with van der Waals surface area (Å²) in [6, 6.07) is 0.360. The maximum atomic E-state index is 12.7. The van der Waals surface area contributed by atoms with E-state index < -0.39 is 34.0 Å². The SMILES string of the molecule is CCCCCc1cc(C(F)(F)F)n(O)c1C(F)(F)F. The van der Waals surface area contributed by atoms with E-state index in [9.17, 15) is 26.3 Å². The van der Waals surface area contributed by atoms with Gasteiger partial charge in [0.2, 0.25) is 0 Å². The minimum atomic E-state index is -5.03. The minimum Gasteiger partial charge on any atom is -0.428 e. The molecule has 110 valence electrons. The number of alkyl halides is 6. The molecule has 0 radical (unpaired) electrons. The van der Waals surface area contributed by atoms with Crippen molar-refractivity contribution in [1.82, 2.24) is 4.73 Å². The van der Waals surface area contributed by atoms with Gasteiger partial charge in [-0.25, -0.2) is 0 Å². The Hall–Kier alpha value is -1.34. The highest BCUT2D eigenvalue weighted by atomic mass is 19.4. The molecule has 1 heterocycles. The van der Waals surface area contributed by atoms with Gasteiger partial charge in [0, 0.05) is 0 Å². The van der Waals surface area contributed by atoms with Crippen LogP contribution in [0, 0.1) is 0 Å². The number of aromatic nitrogens is 1. The molecule has 8 heteroatoms. The molecule has 2 nitrogen and oxygen atoms in total. The molecule has 0 unspecified atom stereocenters. The number of hydrogen-bond donors (Lipinski definition) is 1. The Labute approximate surface area is 105 Å². The summed E-state index contributed by atoms with van der Waals surface area (Å²) in [6.07, 6.45) is -8.54. The van der Waals surface area contributed by atoms with Gasteiger partial charge >= 0.3 is 12.4 Å². The van der Waals surface area contributed by atoms with Crippen LogP contribution in [0.15, 0.2) is 6.07 Å². The first kappa shape index (κ1) is 15.7. The maximum absolute atomic E-state index is 12.7. The standard InChI is InChI=1S/C11H13F6NO/c1-2-3-4-5-7-6-8(10(12,13)14)18(19)9(7)11(15,16)17/h6,19H,2-5H2,1H3. The van der Waals surface area contributed by atoms with Crippen molar-refractivity contribution in [2.45, 2.75) is 45.0 Å². The first-order valence-corrected chi connectivity index (χ1v) is 5.67. The fourth-order valence-electron chi connectivity index (χ4n) is 1.81. The molecule has 0 aromatic carbocycles. The third-order valence-electron chi connectivity index (χ3n) is 2.66. The number of unbranched alkanes of at least 4 members (excludes halogenated alkanes) is 2. The van der Waals surface area contributed by atoms with E-state index in [1.54, 1.807) is 0 Å². The second-order valence-corrected chi connectivity index (χ2v) is 4.17. The third-order valence-corrected chi connectivity index (χ3v) is 2.66. The zero-order valence-electron chi connectivity index (χ0n) is 10.1. The molecule has 0 bridgehead atoms. The molecule has 19 heavy (non-hydrogen) atoms. The van der Waals surface area contributed by atoms with Crippen molar-refractivity contribution in [1.29, 1.82) is 0 Å². The van der Waals surface area contributed by atoms with Crippen LogP contribution in [-0.2, 0) is 18.8 Å². The Morgan fingerprint density at radius 2 is 1.63 bits per heavy atom. The van der Waals surface area contributed by atoms with Gasteiger partial charge in [0.05, 0.1) is 0 Å². The van der Waals surface area contributed by atoms with Crippen LogP contribution in [-0.4, -0.2) is 9.94 Å². The maximum Gasteiger partial charge on any atom is 0.435 e. The molecule has 1 aromatic heterocycles. The van der Waals surface area contributed by atoms with Gasteiger partial charge in [-0.2, -0.15) is 31.1 Å². The van der Waals surface area contributed by atoms with Crippen molar-refractivity contribution in [2.75, 3.05) is 0 Å². The van der Waals surface area contributed by atoms with Gasteiger partial charge in [0.1, 0.15) is 0 Å². The van der Waals surface area contributed by atoms with Crippen LogP contribution in [0.4, 0.5) is 26.3 Å². The minimum absolute atomic E-state index is 0.153. The zero-order valence-corrected chi connectivity index (χ0v) is 10.1. The van der Waals surface area contributed by atoms with Crippen LogP contribution in [0.2, 0.25) is 0 Å². The summed E-state index contributed by atoms with van der Waals surface area (Å²) in [6.45, 7) is 1.82. The predicted molar refractivity (Wildman–Crippen MR) is 54.8 cm³/mol. The predicted octanol–water partition coefficient (Wildman–Crippen LogP) is 4.50. The first-order valence-electron chi connectivity index (χ1n) is 5.67. The Kier molecular flexibility index (Phi) is 4.42. The van der Waals surface area contributed by atoms with E-state index in [1.165, 1.54) is 0 Å². The largest absolute Gasteiger partial charge is 0.435 e. The van der Waals surface area contributed by atoms with Gasteiger partial charge in [-0.15, -0.1) is 0 Å².